The van der Waals surface area contributed by atoms with Gasteiger partial charge in [-0.2, -0.15) is 0 Å². The van der Waals surface area contributed by atoms with Gasteiger partial charge < -0.3 is 10.6 Å². The highest BCUT2D eigenvalue weighted by atomic mass is 32.1. The summed E-state index contributed by atoms with van der Waals surface area (Å²) in [5, 5.41) is 3.23. The molecule has 0 atom stereocenters. The summed E-state index contributed by atoms with van der Waals surface area (Å²) in [6.45, 7) is 2.99. The molecule has 1 aromatic carbocycles. The lowest BCUT2D eigenvalue weighted by atomic mass is 10.2. The lowest BCUT2D eigenvalue weighted by Gasteiger charge is -2.25. The molecular formula is C16H17N3S2. The summed E-state index contributed by atoms with van der Waals surface area (Å²) in [4.78, 5) is 8.45. The van der Waals surface area contributed by atoms with Crippen LogP contribution in [0.3, 0.4) is 0 Å². The van der Waals surface area contributed by atoms with Gasteiger partial charge in [-0.25, -0.2) is 4.98 Å². The van der Waals surface area contributed by atoms with Crippen LogP contribution in [0, 0.1) is 6.92 Å². The third-order valence-electron chi connectivity index (χ3n) is 3.85. The van der Waals surface area contributed by atoms with Crippen LogP contribution in [0.4, 0.5) is 11.4 Å². The van der Waals surface area contributed by atoms with Crippen LogP contribution in [0.25, 0.3) is 10.2 Å². The number of fused-ring (bicyclic) bond motifs is 1. The number of hydrogen-bond acceptors (Lipinski definition) is 5. The molecule has 2 heterocycles. The number of thiazole rings is 1. The van der Waals surface area contributed by atoms with Crippen LogP contribution in [0.2, 0.25) is 0 Å². The molecule has 1 fully saturated rings. The largest absolute Gasteiger partial charge is 0.397 e. The quantitative estimate of drug-likeness (QED) is 0.725. The molecule has 1 aliphatic carbocycles. The van der Waals surface area contributed by atoms with E-state index in [1.54, 1.807) is 11.3 Å². The Kier molecular flexibility index (Phi) is 3.12. The molecule has 1 aliphatic rings. The molecule has 3 nitrogen and oxygen atoms in total. The summed E-state index contributed by atoms with van der Waals surface area (Å²) in [5.74, 6) is 0. The minimum atomic E-state index is 0.631. The first-order valence-corrected chi connectivity index (χ1v) is 8.86. The smallest absolute Gasteiger partial charge is 0.0907 e. The molecule has 0 unspecified atom stereocenters. The van der Waals surface area contributed by atoms with Crippen molar-refractivity contribution in [2.24, 2.45) is 0 Å². The van der Waals surface area contributed by atoms with E-state index >= 15 is 0 Å². The lowest BCUT2D eigenvalue weighted by molar-refractivity contribution is 0.805. The molecule has 0 amide bonds. The van der Waals surface area contributed by atoms with E-state index in [2.05, 4.69) is 39.5 Å². The van der Waals surface area contributed by atoms with Crippen molar-refractivity contribution in [2.75, 3.05) is 10.6 Å². The average molecular weight is 315 g/mol. The monoisotopic (exact) mass is 315 g/mol. The van der Waals surface area contributed by atoms with Crippen molar-refractivity contribution >= 4 is 44.3 Å². The molecule has 0 radical (unpaired) electrons. The highest BCUT2D eigenvalue weighted by molar-refractivity contribution is 7.18. The molecule has 0 spiro atoms. The Morgan fingerprint density at radius 1 is 1.38 bits per heavy atom. The number of aromatic nitrogens is 1. The normalized spacial score (nSPS) is 14.7. The van der Waals surface area contributed by atoms with Gasteiger partial charge in [-0.15, -0.1) is 22.7 Å². The first kappa shape index (κ1) is 13.1. The second-order valence-electron chi connectivity index (χ2n) is 5.55. The lowest BCUT2D eigenvalue weighted by Crippen LogP contribution is -2.25. The molecule has 0 saturated heterocycles. The van der Waals surface area contributed by atoms with Crippen molar-refractivity contribution in [2.45, 2.75) is 32.4 Å². The molecule has 108 valence electrons. The summed E-state index contributed by atoms with van der Waals surface area (Å²) in [5.41, 5.74) is 9.41. The van der Waals surface area contributed by atoms with Crippen molar-refractivity contribution < 1.29 is 0 Å². The predicted octanol–water partition coefficient (Wildman–Crippen LogP) is 4.42. The van der Waals surface area contributed by atoms with E-state index in [9.17, 15) is 0 Å². The Morgan fingerprint density at radius 3 is 2.95 bits per heavy atom. The number of anilines is 2. The van der Waals surface area contributed by atoms with Crippen molar-refractivity contribution in [3.63, 3.8) is 0 Å². The summed E-state index contributed by atoms with van der Waals surface area (Å²) in [6.07, 6.45) is 2.53. The predicted molar refractivity (Wildman–Crippen MR) is 92.3 cm³/mol. The van der Waals surface area contributed by atoms with Gasteiger partial charge in [-0.05, 0) is 43.3 Å². The van der Waals surface area contributed by atoms with Crippen molar-refractivity contribution in [1.82, 2.24) is 4.98 Å². The Balaban J connectivity index is 1.76. The van der Waals surface area contributed by atoms with Crippen LogP contribution in [-0.2, 0) is 6.54 Å². The number of nitrogen functional groups attached to an aromatic ring is 1. The van der Waals surface area contributed by atoms with Crippen molar-refractivity contribution in [1.29, 1.82) is 0 Å². The number of aryl methyl sites for hydroxylation is 1. The van der Waals surface area contributed by atoms with Crippen LogP contribution in [0.5, 0.6) is 0 Å². The van der Waals surface area contributed by atoms with Crippen LogP contribution in [0.1, 0.15) is 22.7 Å². The Labute approximate surface area is 132 Å². The van der Waals surface area contributed by atoms with Crippen molar-refractivity contribution in [3.8, 4) is 0 Å². The van der Waals surface area contributed by atoms with E-state index < -0.39 is 0 Å². The molecule has 1 saturated carbocycles. The van der Waals surface area contributed by atoms with Crippen LogP contribution in [0.15, 0.2) is 29.6 Å². The topological polar surface area (TPSA) is 42.2 Å². The summed E-state index contributed by atoms with van der Waals surface area (Å²) in [7, 11) is 0. The maximum Gasteiger partial charge on any atom is 0.0907 e. The summed E-state index contributed by atoms with van der Waals surface area (Å²) >= 11 is 3.52. The maximum absolute atomic E-state index is 6.33. The Bertz CT molecular complexity index is 772. The maximum atomic E-state index is 6.33. The van der Waals surface area contributed by atoms with E-state index in [1.807, 2.05) is 18.3 Å². The number of thiophene rings is 1. The molecule has 4 rings (SSSR count). The van der Waals surface area contributed by atoms with Gasteiger partial charge in [0.25, 0.3) is 0 Å². The fourth-order valence-corrected chi connectivity index (χ4v) is 4.27. The zero-order chi connectivity index (χ0) is 14.4. The first-order chi connectivity index (χ1) is 10.2. The number of hydrogen-bond donors (Lipinski definition) is 1. The van der Waals surface area contributed by atoms with E-state index in [0.29, 0.717) is 6.04 Å². The van der Waals surface area contributed by atoms with Gasteiger partial charge in [-0.3, -0.25) is 0 Å². The van der Waals surface area contributed by atoms with Gasteiger partial charge in [0.15, 0.2) is 0 Å². The number of nitrogens with two attached hydrogens (primary N) is 1. The van der Waals surface area contributed by atoms with Crippen molar-refractivity contribution in [3.05, 3.63) is 39.5 Å². The minimum absolute atomic E-state index is 0.631. The Morgan fingerprint density at radius 2 is 2.24 bits per heavy atom. The van der Waals surface area contributed by atoms with E-state index in [-0.39, 0.29) is 0 Å². The van der Waals surface area contributed by atoms with E-state index in [4.69, 9.17) is 5.73 Å². The van der Waals surface area contributed by atoms with E-state index in [0.717, 1.165) is 28.4 Å². The molecule has 0 bridgehead atoms. The summed E-state index contributed by atoms with van der Waals surface area (Å²) in [6, 6.07) is 9.19. The molecule has 2 N–H and O–H groups in total. The Hall–Kier alpha value is -1.59. The molecule has 5 heteroatoms. The first-order valence-electron chi connectivity index (χ1n) is 7.16. The van der Waals surface area contributed by atoms with Crippen LogP contribution < -0.4 is 10.6 Å². The van der Waals surface area contributed by atoms with Gasteiger partial charge in [0.05, 0.1) is 33.1 Å². The number of nitrogens with zero attached hydrogens (tertiary/aromatic N) is 2. The number of rotatable bonds is 4. The van der Waals surface area contributed by atoms with Gasteiger partial charge in [0.2, 0.25) is 0 Å². The average Bonchev–Trinajstić information content (AvgIpc) is 3.03. The zero-order valence-electron chi connectivity index (χ0n) is 11.9. The second-order valence-corrected chi connectivity index (χ2v) is 7.82. The third-order valence-corrected chi connectivity index (χ3v) is 5.64. The SMILES string of the molecule is Cc1nc2cc(N(Cc3cccs3)C3CC3)c(N)cc2s1. The highest BCUT2D eigenvalue weighted by Crippen LogP contribution is 2.39. The molecule has 21 heavy (non-hydrogen) atoms. The number of benzene rings is 1. The molecule has 2 aromatic heterocycles. The fourth-order valence-electron chi connectivity index (χ4n) is 2.71. The fraction of sp³-hybridized carbons (Fsp3) is 0.312. The molecule has 3 aromatic rings. The van der Waals surface area contributed by atoms with Crippen LogP contribution >= 0.6 is 22.7 Å². The molecule has 0 aliphatic heterocycles. The van der Waals surface area contributed by atoms with E-state index in [1.165, 1.54) is 22.4 Å². The van der Waals surface area contributed by atoms with Gasteiger partial charge in [0, 0.05) is 10.9 Å². The second kappa shape index (κ2) is 5.00. The van der Waals surface area contributed by atoms with Gasteiger partial charge in [-0.1, -0.05) is 6.07 Å². The summed E-state index contributed by atoms with van der Waals surface area (Å²) < 4.78 is 1.18. The van der Waals surface area contributed by atoms with Gasteiger partial charge >= 0.3 is 0 Å². The standard InChI is InChI=1S/C16H17N3S2/c1-10-18-14-8-15(13(17)7-16(14)21-10)19(11-4-5-11)9-12-3-2-6-20-12/h2-3,6-8,11H,4-5,9,17H2,1H3. The zero-order valence-corrected chi connectivity index (χ0v) is 13.5. The van der Waals surface area contributed by atoms with Crippen LogP contribution in [-0.4, -0.2) is 11.0 Å². The third kappa shape index (κ3) is 2.51. The molecular weight excluding hydrogens is 298 g/mol. The minimum Gasteiger partial charge on any atom is -0.397 e. The van der Waals surface area contributed by atoms with Gasteiger partial charge in [0.1, 0.15) is 0 Å². The highest BCUT2D eigenvalue weighted by Gasteiger charge is 2.30.